The van der Waals surface area contributed by atoms with Crippen molar-refractivity contribution >= 4 is 17.7 Å². The molecule has 1 saturated carbocycles. The van der Waals surface area contributed by atoms with E-state index in [1.165, 1.54) is 0 Å². The van der Waals surface area contributed by atoms with E-state index >= 15 is 0 Å². The van der Waals surface area contributed by atoms with E-state index in [0.29, 0.717) is 5.92 Å². The molecule has 7 heteroatoms. The molecule has 6 nitrogen and oxygen atoms in total. The second-order valence-electron chi connectivity index (χ2n) is 6.33. The third-order valence-electron chi connectivity index (χ3n) is 3.17. The molecule has 0 saturated heterocycles. The van der Waals surface area contributed by atoms with Gasteiger partial charge in [-0.25, -0.2) is 4.79 Å². The average molecular weight is 307 g/mol. The fraction of sp³-hybridized carbons (Fsp3) is 0.923. The summed E-state index contributed by atoms with van der Waals surface area (Å²) in [5.41, 5.74) is -1.24. The molecule has 0 radical (unpaired) electrons. The van der Waals surface area contributed by atoms with Gasteiger partial charge in [-0.2, -0.15) is 8.42 Å². The third-order valence-corrected chi connectivity index (χ3v) is 3.17. The normalized spacial score (nSPS) is 25.9. The molecular formula is C13H25NO5S. The van der Waals surface area contributed by atoms with Gasteiger partial charge < -0.3 is 15.2 Å². The minimum absolute atomic E-state index is 0.286. The average Bonchev–Trinajstić information content (AvgIpc) is 2.30. The van der Waals surface area contributed by atoms with Gasteiger partial charge in [-0.1, -0.05) is 6.92 Å². The molecule has 0 heterocycles. The van der Waals surface area contributed by atoms with Crippen molar-refractivity contribution < 1.29 is 23.1 Å². The minimum atomic E-state index is -0.750. The molecule has 1 amide bonds. The lowest BCUT2D eigenvalue weighted by molar-refractivity contribution is -0.0107. The Morgan fingerprint density at radius 1 is 1.35 bits per heavy atom. The zero-order valence-corrected chi connectivity index (χ0v) is 13.4. The second-order valence-corrected chi connectivity index (χ2v) is 6.47. The van der Waals surface area contributed by atoms with Gasteiger partial charge >= 0.3 is 17.7 Å². The highest BCUT2D eigenvalue weighted by Gasteiger charge is 2.32. The van der Waals surface area contributed by atoms with Crippen LogP contribution >= 0.6 is 0 Å². The van der Waals surface area contributed by atoms with Crippen LogP contribution in [0.3, 0.4) is 0 Å². The SMILES string of the molecule is CC1CCC(O)(CNC(=O)OC(C)(C)C)CC1.O=S=O. The number of aliphatic hydroxyl groups is 1. The minimum Gasteiger partial charge on any atom is -0.444 e. The highest BCUT2D eigenvalue weighted by Crippen LogP contribution is 2.31. The van der Waals surface area contributed by atoms with E-state index in [0.717, 1.165) is 25.7 Å². The van der Waals surface area contributed by atoms with Crippen LogP contribution < -0.4 is 5.32 Å². The molecule has 0 atom stereocenters. The molecule has 1 fully saturated rings. The Bertz CT molecular complexity index is 339. The molecule has 0 unspecified atom stereocenters. The number of carbonyl (C=O) groups excluding carboxylic acids is 1. The van der Waals surface area contributed by atoms with Crippen LogP contribution in [0.15, 0.2) is 0 Å². The van der Waals surface area contributed by atoms with Crippen molar-refractivity contribution in [2.24, 2.45) is 5.92 Å². The summed E-state index contributed by atoms with van der Waals surface area (Å²) in [5, 5.41) is 12.9. The van der Waals surface area contributed by atoms with Gasteiger partial charge in [0.05, 0.1) is 5.60 Å². The third kappa shape index (κ3) is 9.03. The van der Waals surface area contributed by atoms with Gasteiger partial charge in [-0.15, -0.1) is 0 Å². The lowest BCUT2D eigenvalue weighted by Gasteiger charge is -2.35. The van der Waals surface area contributed by atoms with Crippen LogP contribution in [-0.4, -0.2) is 37.4 Å². The molecule has 0 bridgehead atoms. The molecule has 20 heavy (non-hydrogen) atoms. The van der Waals surface area contributed by atoms with Gasteiger partial charge in [-0.05, 0) is 52.4 Å². The van der Waals surface area contributed by atoms with Crippen molar-refractivity contribution in [3.05, 3.63) is 0 Å². The number of carbonyl (C=O) groups is 1. The van der Waals surface area contributed by atoms with E-state index in [1.807, 2.05) is 20.8 Å². The summed E-state index contributed by atoms with van der Waals surface area (Å²) in [5.74, 6) is 0.678. The Hall–Kier alpha value is -0.950. The Labute approximate surface area is 123 Å². The number of hydrogen-bond donors (Lipinski definition) is 2. The first kappa shape index (κ1) is 19.1. The predicted molar refractivity (Wildman–Crippen MR) is 75.7 cm³/mol. The standard InChI is InChI=1S/C13H25NO3.O2S/c1-10-5-7-13(16,8-6-10)9-14-11(15)17-12(2,3)4;1-3-2/h10,16H,5-9H2,1-4H3,(H,14,15);. The summed E-state index contributed by atoms with van der Waals surface area (Å²) in [4.78, 5) is 11.5. The Kier molecular flexibility index (Phi) is 7.96. The van der Waals surface area contributed by atoms with Gasteiger partial charge in [0.2, 0.25) is 0 Å². The van der Waals surface area contributed by atoms with Crippen molar-refractivity contribution in [1.82, 2.24) is 5.32 Å². The zero-order valence-electron chi connectivity index (χ0n) is 12.6. The fourth-order valence-electron chi connectivity index (χ4n) is 2.03. The number of hydrogen-bond acceptors (Lipinski definition) is 5. The van der Waals surface area contributed by atoms with Gasteiger partial charge in [0.25, 0.3) is 0 Å². The summed E-state index contributed by atoms with van der Waals surface area (Å²) >= 11 is -0.750. The van der Waals surface area contributed by atoms with E-state index in [2.05, 4.69) is 12.2 Å². The summed E-state index contributed by atoms with van der Waals surface area (Å²) in [6.45, 7) is 7.95. The van der Waals surface area contributed by atoms with Crippen molar-refractivity contribution in [1.29, 1.82) is 0 Å². The molecule has 0 spiro atoms. The highest BCUT2D eigenvalue weighted by molar-refractivity contribution is 7.51. The molecule has 0 aromatic carbocycles. The molecule has 2 N–H and O–H groups in total. The maximum absolute atomic E-state index is 11.5. The van der Waals surface area contributed by atoms with E-state index in [4.69, 9.17) is 13.2 Å². The molecule has 1 aliphatic rings. The first-order valence-electron chi connectivity index (χ1n) is 6.73. The molecule has 0 aliphatic heterocycles. The summed E-state index contributed by atoms with van der Waals surface area (Å²) in [6.07, 6.45) is 3.09. The molecule has 1 aliphatic carbocycles. The Balaban J connectivity index is 0.00000110. The highest BCUT2D eigenvalue weighted by atomic mass is 32.1. The monoisotopic (exact) mass is 307 g/mol. The molecule has 118 valence electrons. The maximum Gasteiger partial charge on any atom is 0.407 e. The number of ether oxygens (including phenoxy) is 1. The number of rotatable bonds is 2. The van der Waals surface area contributed by atoms with E-state index in [1.54, 1.807) is 0 Å². The zero-order chi connectivity index (χ0) is 15.8. The molecule has 1 rings (SSSR count). The van der Waals surface area contributed by atoms with Gasteiger partial charge in [0.15, 0.2) is 0 Å². The molecular weight excluding hydrogens is 282 g/mol. The number of nitrogens with one attached hydrogen (secondary N) is 1. The van der Waals surface area contributed by atoms with Crippen molar-refractivity contribution in [3.63, 3.8) is 0 Å². The van der Waals surface area contributed by atoms with Crippen molar-refractivity contribution in [3.8, 4) is 0 Å². The van der Waals surface area contributed by atoms with Crippen LogP contribution in [0.2, 0.25) is 0 Å². The fourth-order valence-corrected chi connectivity index (χ4v) is 2.03. The van der Waals surface area contributed by atoms with Gasteiger partial charge in [0.1, 0.15) is 5.60 Å². The quantitative estimate of drug-likeness (QED) is 0.811. The summed E-state index contributed by atoms with van der Waals surface area (Å²) < 4.78 is 21.7. The van der Waals surface area contributed by atoms with Crippen molar-refractivity contribution in [2.75, 3.05) is 6.54 Å². The van der Waals surface area contributed by atoms with Crippen LogP contribution in [0.1, 0.15) is 53.4 Å². The van der Waals surface area contributed by atoms with E-state index < -0.39 is 28.9 Å². The first-order chi connectivity index (χ1) is 9.12. The van der Waals surface area contributed by atoms with Crippen LogP contribution in [0.5, 0.6) is 0 Å². The van der Waals surface area contributed by atoms with E-state index in [9.17, 15) is 9.90 Å². The second kappa shape index (κ2) is 8.36. The van der Waals surface area contributed by atoms with Crippen LogP contribution in [0.25, 0.3) is 0 Å². The smallest absolute Gasteiger partial charge is 0.407 e. The maximum atomic E-state index is 11.5. The molecule has 0 aromatic heterocycles. The van der Waals surface area contributed by atoms with Crippen LogP contribution in [0.4, 0.5) is 4.79 Å². The topological polar surface area (TPSA) is 92.7 Å². The van der Waals surface area contributed by atoms with Gasteiger partial charge in [0, 0.05) is 6.54 Å². The lowest BCUT2D eigenvalue weighted by atomic mass is 9.79. The lowest BCUT2D eigenvalue weighted by Crippen LogP contribution is -2.46. The Morgan fingerprint density at radius 3 is 2.20 bits per heavy atom. The van der Waals surface area contributed by atoms with Crippen molar-refractivity contribution in [2.45, 2.75) is 64.6 Å². The predicted octanol–water partition coefficient (Wildman–Crippen LogP) is 1.78. The van der Waals surface area contributed by atoms with Crippen LogP contribution in [0, 0.1) is 5.92 Å². The van der Waals surface area contributed by atoms with Crippen LogP contribution in [-0.2, 0) is 16.3 Å². The van der Waals surface area contributed by atoms with Gasteiger partial charge in [-0.3, -0.25) is 0 Å². The molecule has 0 aromatic rings. The number of amides is 1. The van der Waals surface area contributed by atoms with E-state index in [-0.39, 0.29) is 6.54 Å². The summed E-state index contributed by atoms with van der Waals surface area (Å²) in [6, 6.07) is 0. The largest absolute Gasteiger partial charge is 0.444 e. The Morgan fingerprint density at radius 2 is 1.80 bits per heavy atom. The number of alkyl carbamates (subject to hydrolysis) is 1. The summed E-state index contributed by atoms with van der Waals surface area (Å²) in [7, 11) is 0. The first-order valence-corrected chi connectivity index (χ1v) is 7.39.